The van der Waals surface area contributed by atoms with Crippen molar-refractivity contribution in [1.29, 1.82) is 0 Å². The number of esters is 1. The molecule has 1 saturated heterocycles. The summed E-state index contributed by atoms with van der Waals surface area (Å²) in [4.78, 5) is 11.3. The van der Waals surface area contributed by atoms with Gasteiger partial charge in [-0.3, -0.25) is 0 Å². The number of hydrogen-bond acceptors (Lipinski definition) is 4. The highest BCUT2D eigenvalue weighted by Crippen LogP contribution is 2.36. The Morgan fingerprint density at radius 2 is 2.16 bits per heavy atom. The van der Waals surface area contributed by atoms with Gasteiger partial charge in [0.25, 0.3) is 0 Å². The number of fused-ring (bicyclic) bond motifs is 1. The summed E-state index contributed by atoms with van der Waals surface area (Å²) in [6.07, 6.45) is 3.16. The van der Waals surface area contributed by atoms with Gasteiger partial charge in [-0.25, -0.2) is 9.18 Å². The topological polar surface area (TPSA) is 50.4 Å². The lowest BCUT2D eigenvalue weighted by molar-refractivity contribution is -0.135. The molecule has 5 heteroatoms. The maximum Gasteiger partial charge on any atom is 0.338 e. The number of nitrogens with one attached hydrogen (secondary N) is 2. The van der Waals surface area contributed by atoms with Crippen LogP contribution in [0.3, 0.4) is 0 Å². The largest absolute Gasteiger partial charge is 0.457 e. The van der Waals surface area contributed by atoms with Crippen LogP contribution in [0.25, 0.3) is 0 Å². The molecule has 0 amide bonds. The molecule has 0 radical (unpaired) electrons. The molecule has 0 aromatic rings. The molecule has 1 aliphatic heterocycles. The standard InChI is InChI=1S/C14H21FN2O2/c1-2-16-7-8-17-6-5-10-3-4-11-12(13(10)15)9-19-14(11)18/h4,10,16-17H,2-3,5-9H2,1H3. The Kier molecular flexibility index (Phi) is 5.10. The Morgan fingerprint density at radius 1 is 1.37 bits per heavy atom. The second-order valence-electron chi connectivity index (χ2n) is 4.85. The Labute approximate surface area is 113 Å². The Bertz CT molecular complexity index is 404. The number of carbonyl (C=O) groups excluding carboxylic acids is 1. The maximum atomic E-state index is 14.2. The van der Waals surface area contributed by atoms with E-state index in [0.717, 1.165) is 32.6 Å². The molecule has 19 heavy (non-hydrogen) atoms. The molecule has 4 nitrogen and oxygen atoms in total. The van der Waals surface area contributed by atoms with Crippen LogP contribution in [0, 0.1) is 5.92 Å². The lowest BCUT2D eigenvalue weighted by Crippen LogP contribution is -2.28. The van der Waals surface area contributed by atoms with Gasteiger partial charge in [0.1, 0.15) is 12.4 Å². The number of likely N-dealkylation sites (N-methyl/N-ethyl adjacent to an activating group) is 1. The van der Waals surface area contributed by atoms with Crippen molar-refractivity contribution >= 4 is 5.97 Å². The van der Waals surface area contributed by atoms with Gasteiger partial charge >= 0.3 is 5.97 Å². The molecule has 2 N–H and O–H groups in total. The van der Waals surface area contributed by atoms with Gasteiger partial charge in [0, 0.05) is 24.6 Å². The zero-order chi connectivity index (χ0) is 13.7. The molecule has 0 aromatic heterocycles. The van der Waals surface area contributed by atoms with Crippen LogP contribution in [0.4, 0.5) is 4.39 Å². The van der Waals surface area contributed by atoms with Crippen molar-refractivity contribution < 1.29 is 13.9 Å². The SMILES string of the molecule is CCNCCNCCC1CC=C2C(=O)OCC2=C1F. The van der Waals surface area contributed by atoms with Crippen molar-refractivity contribution in [2.24, 2.45) is 5.92 Å². The van der Waals surface area contributed by atoms with Crippen LogP contribution < -0.4 is 10.6 Å². The first-order valence-corrected chi connectivity index (χ1v) is 6.91. The van der Waals surface area contributed by atoms with Gasteiger partial charge in [0.05, 0.1) is 5.57 Å². The summed E-state index contributed by atoms with van der Waals surface area (Å²) in [6.45, 7) is 5.74. The quantitative estimate of drug-likeness (QED) is 0.540. The summed E-state index contributed by atoms with van der Waals surface area (Å²) < 4.78 is 19.0. The minimum atomic E-state index is -0.382. The molecule has 1 atom stereocenters. The van der Waals surface area contributed by atoms with Crippen molar-refractivity contribution in [1.82, 2.24) is 10.6 Å². The van der Waals surface area contributed by atoms with E-state index in [9.17, 15) is 9.18 Å². The third-order valence-corrected chi connectivity index (χ3v) is 3.54. The first-order chi connectivity index (χ1) is 9.24. The minimum Gasteiger partial charge on any atom is -0.457 e. The Morgan fingerprint density at radius 3 is 2.95 bits per heavy atom. The Balaban J connectivity index is 1.76. The highest BCUT2D eigenvalue weighted by atomic mass is 19.1. The molecule has 2 aliphatic rings. The zero-order valence-electron chi connectivity index (χ0n) is 11.3. The number of carbonyl (C=O) groups is 1. The molecule has 1 fully saturated rings. The van der Waals surface area contributed by atoms with Crippen LogP contribution in [0.1, 0.15) is 19.8 Å². The summed E-state index contributed by atoms with van der Waals surface area (Å²) in [5.41, 5.74) is 0.905. The molecule has 0 saturated carbocycles. The van der Waals surface area contributed by atoms with E-state index in [1.165, 1.54) is 0 Å². The van der Waals surface area contributed by atoms with E-state index < -0.39 is 0 Å². The molecule has 2 rings (SSSR count). The molecule has 0 spiro atoms. The highest BCUT2D eigenvalue weighted by Gasteiger charge is 2.33. The number of cyclic esters (lactones) is 1. The van der Waals surface area contributed by atoms with E-state index >= 15 is 0 Å². The predicted octanol–water partition coefficient (Wildman–Crippen LogP) is 1.30. The number of hydrogen-bond donors (Lipinski definition) is 2. The van der Waals surface area contributed by atoms with Crippen molar-refractivity contribution in [2.75, 3.05) is 32.8 Å². The summed E-state index contributed by atoms with van der Waals surface area (Å²) in [5, 5.41) is 6.51. The third-order valence-electron chi connectivity index (χ3n) is 3.54. The summed E-state index contributed by atoms with van der Waals surface area (Å²) in [7, 11) is 0. The lowest BCUT2D eigenvalue weighted by atomic mass is 9.88. The van der Waals surface area contributed by atoms with Crippen molar-refractivity contribution in [3.8, 4) is 0 Å². The molecule has 1 aliphatic carbocycles. The molecule has 106 valence electrons. The van der Waals surface area contributed by atoms with Crippen molar-refractivity contribution in [2.45, 2.75) is 19.8 Å². The summed E-state index contributed by atoms with van der Waals surface area (Å²) in [5.74, 6) is -0.649. The van der Waals surface area contributed by atoms with Gasteiger partial charge in [-0.1, -0.05) is 13.0 Å². The average Bonchev–Trinajstić information content (AvgIpc) is 2.78. The fourth-order valence-corrected chi connectivity index (χ4v) is 2.43. The van der Waals surface area contributed by atoms with Crippen LogP contribution in [-0.2, 0) is 9.53 Å². The summed E-state index contributed by atoms with van der Waals surface area (Å²) >= 11 is 0. The van der Waals surface area contributed by atoms with Gasteiger partial charge in [0.15, 0.2) is 0 Å². The number of allylic oxidation sites excluding steroid dienone is 2. The van der Waals surface area contributed by atoms with E-state index in [2.05, 4.69) is 17.6 Å². The van der Waals surface area contributed by atoms with Gasteiger partial charge in [-0.05, 0) is 25.9 Å². The lowest BCUT2D eigenvalue weighted by Gasteiger charge is -2.19. The second-order valence-corrected chi connectivity index (χ2v) is 4.85. The van der Waals surface area contributed by atoms with Gasteiger partial charge in [-0.15, -0.1) is 0 Å². The van der Waals surface area contributed by atoms with Crippen LogP contribution in [0.2, 0.25) is 0 Å². The third kappa shape index (κ3) is 3.42. The zero-order valence-corrected chi connectivity index (χ0v) is 11.3. The fourth-order valence-electron chi connectivity index (χ4n) is 2.43. The summed E-state index contributed by atoms with van der Waals surface area (Å²) in [6, 6.07) is 0. The highest BCUT2D eigenvalue weighted by molar-refractivity contribution is 5.96. The number of halogens is 1. The smallest absolute Gasteiger partial charge is 0.338 e. The molecule has 0 bridgehead atoms. The maximum absolute atomic E-state index is 14.2. The van der Waals surface area contributed by atoms with E-state index in [4.69, 9.17) is 4.74 Å². The fraction of sp³-hybridized carbons (Fsp3) is 0.643. The number of rotatable bonds is 7. The molecule has 0 aromatic carbocycles. The number of ether oxygens (including phenoxy) is 1. The Hall–Kier alpha value is -1.20. The van der Waals surface area contributed by atoms with Gasteiger partial charge in [-0.2, -0.15) is 0 Å². The predicted molar refractivity (Wildman–Crippen MR) is 71.3 cm³/mol. The van der Waals surface area contributed by atoms with Gasteiger partial charge in [0.2, 0.25) is 0 Å². The second kappa shape index (κ2) is 6.82. The van der Waals surface area contributed by atoms with E-state index in [0.29, 0.717) is 17.6 Å². The van der Waals surface area contributed by atoms with E-state index in [1.807, 2.05) is 6.08 Å². The molecular formula is C14H21FN2O2. The molecule has 1 unspecified atom stereocenters. The van der Waals surface area contributed by atoms with Crippen molar-refractivity contribution in [3.05, 3.63) is 23.0 Å². The van der Waals surface area contributed by atoms with Gasteiger partial charge < -0.3 is 15.4 Å². The first-order valence-electron chi connectivity index (χ1n) is 6.91. The van der Waals surface area contributed by atoms with Crippen LogP contribution in [0.5, 0.6) is 0 Å². The van der Waals surface area contributed by atoms with Crippen LogP contribution in [-0.4, -0.2) is 38.8 Å². The minimum absolute atomic E-state index is 0.0981. The molecule has 1 heterocycles. The van der Waals surface area contributed by atoms with Crippen molar-refractivity contribution in [3.63, 3.8) is 0 Å². The van der Waals surface area contributed by atoms with E-state index in [-0.39, 0.29) is 24.3 Å². The normalized spacial score (nSPS) is 22.3. The van der Waals surface area contributed by atoms with Crippen LogP contribution in [0.15, 0.2) is 23.0 Å². The van der Waals surface area contributed by atoms with E-state index in [1.54, 1.807) is 0 Å². The first kappa shape index (κ1) is 14.2. The average molecular weight is 268 g/mol. The monoisotopic (exact) mass is 268 g/mol. The molecular weight excluding hydrogens is 247 g/mol. The van der Waals surface area contributed by atoms with Crippen LogP contribution >= 0.6 is 0 Å².